The highest BCUT2D eigenvalue weighted by atomic mass is 19.1. The van der Waals surface area contributed by atoms with Gasteiger partial charge < -0.3 is 10.6 Å². The molecule has 2 fully saturated rings. The van der Waals surface area contributed by atoms with Crippen LogP contribution in [-0.2, 0) is 0 Å². The Kier molecular flexibility index (Phi) is 5.70. The smallest absolute Gasteiger partial charge is 0.154 e. The van der Waals surface area contributed by atoms with Crippen LogP contribution in [0.2, 0.25) is 0 Å². The molecule has 2 saturated heterocycles. The van der Waals surface area contributed by atoms with Crippen molar-refractivity contribution >= 4 is 11.2 Å². The number of hydrogen-bond acceptors (Lipinski definition) is 5. The molecule has 33 heavy (non-hydrogen) atoms. The summed E-state index contributed by atoms with van der Waals surface area (Å²) >= 11 is 0. The van der Waals surface area contributed by atoms with Gasteiger partial charge in [0.1, 0.15) is 5.82 Å². The van der Waals surface area contributed by atoms with E-state index in [-0.39, 0.29) is 11.9 Å². The minimum Gasteiger partial charge on any atom is -0.317 e. The minimum atomic E-state index is -0.181. The number of nitrogens with one attached hydrogen (secondary N) is 2. The summed E-state index contributed by atoms with van der Waals surface area (Å²) in [6.07, 6.45) is 8.79. The Labute approximate surface area is 193 Å². The lowest BCUT2D eigenvalue weighted by Gasteiger charge is -2.37. The summed E-state index contributed by atoms with van der Waals surface area (Å²) in [5.41, 5.74) is 5.41. The third-order valence-corrected chi connectivity index (χ3v) is 7.52. The van der Waals surface area contributed by atoms with Crippen molar-refractivity contribution in [2.24, 2.45) is 0 Å². The maximum atomic E-state index is 13.7. The predicted octanol–water partition coefficient (Wildman–Crippen LogP) is 3.53. The monoisotopic (exact) mass is 446 g/mol. The topological polar surface area (TPSA) is 57.5 Å². The molecule has 0 unspecified atom stereocenters. The molecule has 3 aliphatic heterocycles. The van der Waals surface area contributed by atoms with E-state index in [4.69, 9.17) is 5.10 Å². The third kappa shape index (κ3) is 4.21. The fraction of sp³-hybridized carbons (Fsp3) is 0.462. The van der Waals surface area contributed by atoms with Gasteiger partial charge in [0.05, 0.1) is 17.6 Å². The van der Waals surface area contributed by atoms with Crippen molar-refractivity contribution in [3.63, 3.8) is 0 Å². The van der Waals surface area contributed by atoms with Gasteiger partial charge in [0.2, 0.25) is 0 Å². The number of benzene rings is 1. The Bertz CT molecular complexity index is 1160. The molecular formula is C26H31FN6. The fourth-order valence-corrected chi connectivity index (χ4v) is 5.70. The molecule has 0 spiro atoms. The molecule has 5 heterocycles. The van der Waals surface area contributed by atoms with Crippen LogP contribution < -0.4 is 10.6 Å². The molecule has 6 nitrogen and oxygen atoms in total. The van der Waals surface area contributed by atoms with Crippen LogP contribution in [0.3, 0.4) is 0 Å². The molecule has 0 saturated carbocycles. The first kappa shape index (κ1) is 21.0. The largest absolute Gasteiger partial charge is 0.317 e. The Morgan fingerprint density at radius 1 is 1.09 bits per heavy atom. The Balaban J connectivity index is 1.23. The second kappa shape index (κ2) is 8.97. The summed E-state index contributed by atoms with van der Waals surface area (Å²) < 4.78 is 15.7. The number of fused-ring (bicyclic) bond motifs is 1. The first-order valence-electron chi connectivity index (χ1n) is 12.2. The van der Waals surface area contributed by atoms with Gasteiger partial charge in [-0.25, -0.2) is 13.9 Å². The highest BCUT2D eigenvalue weighted by molar-refractivity contribution is 5.67. The molecule has 1 aromatic carbocycles. The number of hydrogen-bond donors (Lipinski definition) is 2. The third-order valence-electron chi connectivity index (χ3n) is 7.52. The van der Waals surface area contributed by atoms with Gasteiger partial charge in [0, 0.05) is 37.6 Å². The van der Waals surface area contributed by atoms with Crippen molar-refractivity contribution in [3.8, 4) is 0 Å². The van der Waals surface area contributed by atoms with E-state index in [0.29, 0.717) is 12.0 Å². The van der Waals surface area contributed by atoms with Gasteiger partial charge >= 0.3 is 0 Å². The van der Waals surface area contributed by atoms with E-state index in [9.17, 15) is 4.39 Å². The molecule has 0 aliphatic carbocycles. The van der Waals surface area contributed by atoms with Crippen molar-refractivity contribution in [1.29, 1.82) is 0 Å². The van der Waals surface area contributed by atoms with E-state index in [1.165, 1.54) is 24.5 Å². The van der Waals surface area contributed by atoms with Crippen LogP contribution >= 0.6 is 0 Å². The molecule has 3 aromatic rings. The van der Waals surface area contributed by atoms with E-state index in [0.717, 1.165) is 68.2 Å². The average molecular weight is 447 g/mol. The normalized spacial score (nSPS) is 24.9. The second-order valence-electron chi connectivity index (χ2n) is 9.59. The molecule has 3 aliphatic rings. The number of nitrogens with zero attached hydrogens (tertiary/aromatic N) is 4. The standard InChI is InChI=1S/C26H31FN6/c27-21-5-1-3-18(13-21)24-14-20(15-29-24)23-6-7-26-30-16-25(33(26)31-23)19-4-2-12-32(17-19)22-8-10-28-11-9-22/h1,3-7,13,16,20,22,24,28-29H,2,8-12,14-15,17H2/t20-,24-/m1/s1. The van der Waals surface area contributed by atoms with E-state index in [1.54, 1.807) is 12.1 Å². The Hall–Kier alpha value is -2.61. The van der Waals surface area contributed by atoms with E-state index >= 15 is 0 Å². The second-order valence-corrected chi connectivity index (χ2v) is 9.59. The van der Waals surface area contributed by atoms with Gasteiger partial charge in [-0.15, -0.1) is 0 Å². The summed E-state index contributed by atoms with van der Waals surface area (Å²) in [4.78, 5) is 7.29. The molecular weight excluding hydrogens is 415 g/mol. The molecule has 172 valence electrons. The van der Waals surface area contributed by atoms with Crippen LogP contribution in [0.1, 0.15) is 54.6 Å². The van der Waals surface area contributed by atoms with Crippen LogP contribution in [0.25, 0.3) is 11.2 Å². The summed E-state index contributed by atoms with van der Waals surface area (Å²) in [6, 6.07) is 11.9. The van der Waals surface area contributed by atoms with E-state index in [1.807, 2.05) is 16.8 Å². The average Bonchev–Trinajstić information content (AvgIpc) is 3.52. The SMILES string of the molecule is Fc1cccc([C@H]2C[C@@H](c3ccc4ncc(C5=CCCN(C6CCNCC6)C5)n4n3)CN2)c1. The predicted molar refractivity (Wildman–Crippen MR) is 128 cm³/mol. The van der Waals surface area contributed by atoms with Crippen LogP contribution in [-0.4, -0.2) is 58.3 Å². The summed E-state index contributed by atoms with van der Waals surface area (Å²) in [5.74, 6) is 0.115. The van der Waals surface area contributed by atoms with Crippen LogP contribution in [0, 0.1) is 5.82 Å². The summed E-state index contributed by atoms with van der Waals surface area (Å²) in [6.45, 7) is 5.19. The Morgan fingerprint density at radius 3 is 2.88 bits per heavy atom. The molecule has 2 atom stereocenters. The summed E-state index contributed by atoms with van der Waals surface area (Å²) in [7, 11) is 0. The van der Waals surface area contributed by atoms with Crippen molar-refractivity contribution in [2.75, 3.05) is 32.7 Å². The number of halogens is 1. The number of rotatable bonds is 4. The van der Waals surface area contributed by atoms with Crippen molar-refractivity contribution in [1.82, 2.24) is 30.1 Å². The van der Waals surface area contributed by atoms with Crippen molar-refractivity contribution < 1.29 is 4.39 Å². The van der Waals surface area contributed by atoms with E-state index < -0.39 is 0 Å². The van der Waals surface area contributed by atoms with Gasteiger partial charge in [-0.2, -0.15) is 5.10 Å². The van der Waals surface area contributed by atoms with Gasteiger partial charge in [0.15, 0.2) is 5.65 Å². The Morgan fingerprint density at radius 2 is 2.00 bits per heavy atom. The van der Waals surface area contributed by atoms with E-state index in [2.05, 4.69) is 38.7 Å². The molecule has 2 aromatic heterocycles. The molecule has 0 amide bonds. The van der Waals surface area contributed by atoms with Gasteiger partial charge in [0.25, 0.3) is 0 Å². The van der Waals surface area contributed by atoms with Gasteiger partial charge in [-0.3, -0.25) is 4.90 Å². The lowest BCUT2D eigenvalue weighted by Crippen LogP contribution is -2.45. The zero-order valence-corrected chi connectivity index (χ0v) is 18.9. The number of aromatic nitrogens is 3. The number of imidazole rings is 1. The zero-order valence-electron chi connectivity index (χ0n) is 18.9. The molecule has 2 N–H and O–H groups in total. The van der Waals surface area contributed by atoms with Crippen molar-refractivity contribution in [2.45, 2.75) is 43.7 Å². The first-order valence-corrected chi connectivity index (χ1v) is 12.2. The lowest BCUT2D eigenvalue weighted by atomic mass is 9.97. The molecule has 0 bridgehead atoms. The molecule has 6 rings (SSSR count). The maximum absolute atomic E-state index is 13.7. The van der Waals surface area contributed by atoms with Crippen LogP contribution in [0.4, 0.5) is 4.39 Å². The maximum Gasteiger partial charge on any atom is 0.154 e. The van der Waals surface area contributed by atoms with Crippen LogP contribution in [0.15, 0.2) is 48.7 Å². The molecule has 7 heteroatoms. The highest BCUT2D eigenvalue weighted by Crippen LogP contribution is 2.33. The molecule has 0 radical (unpaired) electrons. The summed E-state index contributed by atoms with van der Waals surface area (Å²) in [5, 5.41) is 12.1. The highest BCUT2D eigenvalue weighted by Gasteiger charge is 2.29. The van der Waals surface area contributed by atoms with Crippen LogP contribution in [0.5, 0.6) is 0 Å². The number of piperidine rings is 1. The minimum absolute atomic E-state index is 0.157. The lowest BCUT2D eigenvalue weighted by molar-refractivity contribution is 0.180. The first-order chi connectivity index (χ1) is 16.2. The van der Waals surface area contributed by atoms with Crippen molar-refractivity contribution in [3.05, 3.63) is 71.4 Å². The zero-order chi connectivity index (χ0) is 22.2. The van der Waals surface area contributed by atoms with Gasteiger partial charge in [-0.1, -0.05) is 18.2 Å². The quantitative estimate of drug-likeness (QED) is 0.642. The fourth-order valence-electron chi connectivity index (χ4n) is 5.70. The van der Waals surface area contributed by atoms with Gasteiger partial charge in [-0.05, 0) is 74.2 Å².